The normalized spacial score (nSPS) is 10.8. The van der Waals surface area contributed by atoms with Gasteiger partial charge in [-0.05, 0) is 36.6 Å². The van der Waals surface area contributed by atoms with E-state index in [2.05, 4.69) is 18.4 Å². The lowest BCUT2D eigenvalue weighted by Crippen LogP contribution is -1.92. The molecule has 2 nitrogen and oxygen atoms in total. The summed E-state index contributed by atoms with van der Waals surface area (Å²) in [5.74, 6) is 0.682. The van der Waals surface area contributed by atoms with Gasteiger partial charge in [0.05, 0.1) is 5.69 Å². The molecule has 0 atom stereocenters. The van der Waals surface area contributed by atoms with Gasteiger partial charge in [0.25, 0.3) is 0 Å². The summed E-state index contributed by atoms with van der Waals surface area (Å²) in [6.45, 7) is 0. The highest BCUT2D eigenvalue weighted by molar-refractivity contribution is 7.98. The Bertz CT molecular complexity index is 763. The van der Waals surface area contributed by atoms with Crippen LogP contribution >= 0.6 is 11.8 Å². The van der Waals surface area contributed by atoms with Crippen molar-refractivity contribution in [2.24, 2.45) is 7.05 Å². The molecule has 3 rings (SSSR count). The van der Waals surface area contributed by atoms with Crippen molar-refractivity contribution in [1.82, 2.24) is 9.55 Å². The molecule has 2 aromatic carbocycles. The summed E-state index contributed by atoms with van der Waals surface area (Å²) in [7, 11) is 1.98. The molecule has 0 saturated heterocycles. The van der Waals surface area contributed by atoms with E-state index in [0.717, 1.165) is 22.6 Å². The zero-order valence-corrected chi connectivity index (χ0v) is 12.7. The van der Waals surface area contributed by atoms with Crippen LogP contribution in [0.15, 0.2) is 59.6 Å². The van der Waals surface area contributed by atoms with Gasteiger partial charge in [-0.15, -0.1) is 11.8 Å². The fraction of sp³-hybridized carbons (Fsp3) is 0.118. The molecule has 1 aromatic heterocycles. The Morgan fingerprint density at radius 1 is 1.05 bits per heavy atom. The molecule has 0 amide bonds. The molecule has 0 saturated carbocycles. The van der Waals surface area contributed by atoms with E-state index in [9.17, 15) is 4.39 Å². The maximum Gasteiger partial charge on any atom is 0.141 e. The largest absolute Gasteiger partial charge is 0.333 e. The number of imidazole rings is 1. The van der Waals surface area contributed by atoms with Gasteiger partial charge in [-0.1, -0.05) is 18.2 Å². The predicted octanol–water partition coefficient (Wildman–Crippen LogP) is 4.62. The van der Waals surface area contributed by atoms with Crippen LogP contribution < -0.4 is 0 Å². The van der Waals surface area contributed by atoms with Crippen LogP contribution in [0.2, 0.25) is 0 Å². The topological polar surface area (TPSA) is 17.8 Å². The Labute approximate surface area is 127 Å². The maximum absolute atomic E-state index is 13.0. The number of rotatable bonds is 3. The van der Waals surface area contributed by atoms with Crippen molar-refractivity contribution in [1.29, 1.82) is 0 Å². The Morgan fingerprint density at radius 2 is 1.76 bits per heavy atom. The quantitative estimate of drug-likeness (QED) is 0.657. The van der Waals surface area contributed by atoms with Crippen LogP contribution in [-0.2, 0) is 7.05 Å². The summed E-state index contributed by atoms with van der Waals surface area (Å²) in [5, 5.41) is 0. The van der Waals surface area contributed by atoms with E-state index in [-0.39, 0.29) is 5.82 Å². The average Bonchev–Trinajstić information content (AvgIpc) is 2.89. The number of halogens is 1. The molecular weight excluding hydrogens is 283 g/mol. The van der Waals surface area contributed by atoms with Crippen LogP contribution in [0.4, 0.5) is 4.39 Å². The SMILES string of the molecule is CSc1ccccc1-c1nc(-c2ccc(F)cc2)cn1C. The molecule has 1 heterocycles. The Hall–Kier alpha value is -2.07. The first kappa shape index (κ1) is 13.9. The molecule has 0 fully saturated rings. The van der Waals surface area contributed by atoms with E-state index in [0.29, 0.717) is 0 Å². The van der Waals surface area contributed by atoms with Crippen molar-refractivity contribution in [2.75, 3.05) is 6.26 Å². The van der Waals surface area contributed by atoms with Gasteiger partial charge in [-0.2, -0.15) is 0 Å². The Morgan fingerprint density at radius 3 is 2.48 bits per heavy atom. The molecule has 0 aliphatic carbocycles. The summed E-state index contributed by atoms with van der Waals surface area (Å²) in [6, 6.07) is 14.6. The van der Waals surface area contributed by atoms with Crippen LogP contribution in [0.25, 0.3) is 22.6 Å². The first-order valence-corrected chi connectivity index (χ1v) is 7.84. The Kier molecular flexibility index (Phi) is 3.80. The van der Waals surface area contributed by atoms with Crippen molar-refractivity contribution in [2.45, 2.75) is 4.90 Å². The molecule has 0 unspecified atom stereocenters. The van der Waals surface area contributed by atoms with E-state index >= 15 is 0 Å². The number of nitrogens with zero attached hydrogens (tertiary/aromatic N) is 2. The fourth-order valence-electron chi connectivity index (χ4n) is 2.31. The van der Waals surface area contributed by atoms with Crippen molar-refractivity contribution >= 4 is 11.8 Å². The van der Waals surface area contributed by atoms with Crippen LogP contribution in [-0.4, -0.2) is 15.8 Å². The van der Waals surface area contributed by atoms with Gasteiger partial charge in [-0.3, -0.25) is 0 Å². The molecule has 21 heavy (non-hydrogen) atoms. The van der Waals surface area contributed by atoms with Crippen LogP contribution in [0, 0.1) is 5.82 Å². The molecule has 0 radical (unpaired) electrons. The van der Waals surface area contributed by atoms with Gasteiger partial charge in [0.15, 0.2) is 0 Å². The number of hydrogen-bond donors (Lipinski definition) is 0. The van der Waals surface area contributed by atoms with Crippen LogP contribution in [0.1, 0.15) is 0 Å². The van der Waals surface area contributed by atoms with E-state index in [1.54, 1.807) is 23.9 Å². The molecule has 4 heteroatoms. The lowest BCUT2D eigenvalue weighted by molar-refractivity contribution is 0.628. The maximum atomic E-state index is 13.0. The molecule has 0 spiro atoms. The van der Waals surface area contributed by atoms with Gasteiger partial charge in [-0.25, -0.2) is 9.37 Å². The highest BCUT2D eigenvalue weighted by Crippen LogP contribution is 2.31. The lowest BCUT2D eigenvalue weighted by Gasteiger charge is -2.06. The van der Waals surface area contributed by atoms with Gasteiger partial charge in [0.2, 0.25) is 0 Å². The minimum atomic E-state index is -0.234. The lowest BCUT2D eigenvalue weighted by atomic mass is 10.2. The first-order chi connectivity index (χ1) is 10.2. The summed E-state index contributed by atoms with van der Waals surface area (Å²) < 4.78 is 15.0. The van der Waals surface area contributed by atoms with Gasteiger partial charge in [0.1, 0.15) is 11.6 Å². The second kappa shape index (κ2) is 5.74. The van der Waals surface area contributed by atoms with Gasteiger partial charge in [0, 0.05) is 29.3 Å². The van der Waals surface area contributed by atoms with Crippen LogP contribution in [0.5, 0.6) is 0 Å². The molecule has 0 bridgehead atoms. The molecule has 0 N–H and O–H groups in total. The van der Waals surface area contributed by atoms with E-state index in [1.165, 1.54) is 17.0 Å². The molecule has 0 aliphatic rings. The van der Waals surface area contributed by atoms with Gasteiger partial charge < -0.3 is 4.57 Å². The number of benzene rings is 2. The number of hydrogen-bond acceptors (Lipinski definition) is 2. The van der Waals surface area contributed by atoms with Crippen LogP contribution in [0.3, 0.4) is 0 Å². The second-order valence-electron chi connectivity index (χ2n) is 4.77. The summed E-state index contributed by atoms with van der Waals surface area (Å²) in [5.41, 5.74) is 2.88. The molecule has 3 aromatic rings. The molecule has 106 valence electrons. The van der Waals surface area contributed by atoms with E-state index in [4.69, 9.17) is 4.98 Å². The van der Waals surface area contributed by atoms with Gasteiger partial charge >= 0.3 is 0 Å². The third-order valence-electron chi connectivity index (χ3n) is 3.36. The van der Waals surface area contributed by atoms with E-state index < -0.39 is 0 Å². The highest BCUT2D eigenvalue weighted by atomic mass is 32.2. The van der Waals surface area contributed by atoms with E-state index in [1.807, 2.05) is 29.9 Å². The molecular formula is C17H15FN2S. The molecule has 0 aliphatic heterocycles. The van der Waals surface area contributed by atoms with Crippen molar-refractivity contribution in [3.05, 3.63) is 60.5 Å². The zero-order chi connectivity index (χ0) is 14.8. The van der Waals surface area contributed by atoms with Crippen molar-refractivity contribution in [3.8, 4) is 22.6 Å². The van der Waals surface area contributed by atoms with Crippen molar-refractivity contribution < 1.29 is 4.39 Å². The standard InChI is InChI=1S/C17H15FN2S/c1-20-11-15(12-7-9-13(18)10-8-12)19-17(20)14-5-3-4-6-16(14)21-2/h3-11H,1-2H3. The number of aromatic nitrogens is 2. The monoisotopic (exact) mass is 298 g/mol. The average molecular weight is 298 g/mol. The smallest absolute Gasteiger partial charge is 0.141 e. The summed E-state index contributed by atoms with van der Waals surface area (Å²) >= 11 is 1.70. The minimum absolute atomic E-state index is 0.234. The minimum Gasteiger partial charge on any atom is -0.333 e. The third-order valence-corrected chi connectivity index (χ3v) is 4.16. The Balaban J connectivity index is 2.07. The number of thioether (sulfide) groups is 1. The number of aryl methyl sites for hydroxylation is 1. The fourth-order valence-corrected chi connectivity index (χ4v) is 2.90. The first-order valence-electron chi connectivity index (χ1n) is 6.61. The second-order valence-corrected chi connectivity index (χ2v) is 5.62. The zero-order valence-electron chi connectivity index (χ0n) is 11.9. The predicted molar refractivity (Wildman–Crippen MR) is 85.8 cm³/mol. The third kappa shape index (κ3) is 2.72. The summed E-state index contributed by atoms with van der Waals surface area (Å²) in [6.07, 6.45) is 4.03. The van der Waals surface area contributed by atoms with Crippen molar-refractivity contribution in [3.63, 3.8) is 0 Å². The highest BCUT2D eigenvalue weighted by Gasteiger charge is 2.12. The summed E-state index contributed by atoms with van der Waals surface area (Å²) in [4.78, 5) is 5.91.